The number of hydrogen-bond acceptors (Lipinski definition) is 7. The van der Waals surface area contributed by atoms with Crippen LogP contribution in [0.4, 0.5) is 10.8 Å². The number of anilines is 2. The molecule has 7 nitrogen and oxygen atoms in total. The Kier molecular flexibility index (Phi) is 6.61. The van der Waals surface area contributed by atoms with Crippen molar-refractivity contribution in [3.8, 4) is 5.75 Å². The number of aliphatic imine (C=N–C) groups is 1. The summed E-state index contributed by atoms with van der Waals surface area (Å²) in [6.45, 7) is 9.33. The standard InChI is InChI=1S/C26H25N3O4S/c1-15(2)32-21-11-9-19(10-12-21)24-28-22(25(31)33-24)13-20-14-34-26(27-20)29(18(5)30)23-16(3)7-6-8-17(23)4/h6-15H,1-5H3/b22-13-. The van der Waals surface area contributed by atoms with Crippen LogP contribution in [0.2, 0.25) is 0 Å². The van der Waals surface area contributed by atoms with E-state index in [0.717, 1.165) is 22.6 Å². The second-order valence-electron chi connectivity index (χ2n) is 8.18. The number of benzene rings is 2. The number of esters is 1. The number of aryl methyl sites for hydroxylation is 2. The van der Waals surface area contributed by atoms with Gasteiger partial charge in [-0.2, -0.15) is 0 Å². The molecule has 0 atom stereocenters. The molecule has 1 aliphatic heterocycles. The molecule has 2 aromatic carbocycles. The van der Waals surface area contributed by atoms with E-state index in [9.17, 15) is 9.59 Å². The number of amides is 1. The van der Waals surface area contributed by atoms with Crippen molar-refractivity contribution in [2.24, 2.45) is 4.99 Å². The molecule has 0 spiro atoms. The van der Waals surface area contributed by atoms with E-state index < -0.39 is 5.97 Å². The molecule has 174 valence electrons. The molecule has 0 unspecified atom stereocenters. The first kappa shape index (κ1) is 23.4. The fraction of sp³-hybridized carbons (Fsp3) is 0.231. The number of thiazole rings is 1. The molecule has 8 heteroatoms. The average Bonchev–Trinajstić information content (AvgIpc) is 3.37. The van der Waals surface area contributed by atoms with Gasteiger partial charge in [-0.15, -0.1) is 11.3 Å². The minimum absolute atomic E-state index is 0.0682. The van der Waals surface area contributed by atoms with Crippen molar-refractivity contribution in [2.75, 3.05) is 4.90 Å². The van der Waals surface area contributed by atoms with E-state index in [2.05, 4.69) is 9.98 Å². The van der Waals surface area contributed by atoms with Gasteiger partial charge in [0.05, 0.1) is 17.5 Å². The molecule has 0 radical (unpaired) electrons. The van der Waals surface area contributed by atoms with Gasteiger partial charge in [0.15, 0.2) is 10.8 Å². The summed E-state index contributed by atoms with van der Waals surface area (Å²) in [5.74, 6) is 0.263. The lowest BCUT2D eigenvalue weighted by atomic mass is 10.1. The number of aromatic nitrogens is 1. The fourth-order valence-corrected chi connectivity index (χ4v) is 4.44. The highest BCUT2D eigenvalue weighted by molar-refractivity contribution is 7.14. The van der Waals surface area contributed by atoms with Crippen LogP contribution in [0.3, 0.4) is 0 Å². The van der Waals surface area contributed by atoms with Gasteiger partial charge in [0, 0.05) is 17.9 Å². The third-order valence-corrected chi connectivity index (χ3v) is 5.90. The number of carbonyl (C=O) groups is 2. The van der Waals surface area contributed by atoms with Gasteiger partial charge in [0.1, 0.15) is 5.75 Å². The molecule has 4 rings (SSSR count). The maximum atomic E-state index is 12.5. The van der Waals surface area contributed by atoms with Crippen molar-refractivity contribution in [1.82, 2.24) is 4.98 Å². The lowest BCUT2D eigenvalue weighted by Crippen LogP contribution is -2.24. The molecule has 0 fully saturated rings. The minimum atomic E-state index is -0.551. The number of hydrogen-bond donors (Lipinski definition) is 0. The molecule has 0 saturated heterocycles. The van der Waals surface area contributed by atoms with E-state index in [1.165, 1.54) is 18.3 Å². The molecule has 1 aromatic heterocycles. The normalized spacial score (nSPS) is 14.4. The van der Waals surface area contributed by atoms with E-state index in [0.29, 0.717) is 16.4 Å². The summed E-state index contributed by atoms with van der Waals surface area (Å²) < 4.78 is 11.0. The Morgan fingerprint density at radius 2 is 1.79 bits per heavy atom. The molecule has 34 heavy (non-hydrogen) atoms. The molecule has 0 aliphatic carbocycles. The summed E-state index contributed by atoms with van der Waals surface area (Å²) in [6, 6.07) is 13.1. The number of para-hydroxylation sites is 1. The molecule has 2 heterocycles. The van der Waals surface area contributed by atoms with Crippen LogP contribution in [0.1, 0.15) is 43.2 Å². The van der Waals surface area contributed by atoms with Crippen molar-refractivity contribution in [2.45, 2.75) is 40.7 Å². The molecule has 0 bridgehead atoms. The van der Waals surface area contributed by atoms with Gasteiger partial charge >= 0.3 is 5.97 Å². The van der Waals surface area contributed by atoms with E-state index in [1.54, 1.807) is 28.5 Å². The minimum Gasteiger partial charge on any atom is -0.491 e. The zero-order valence-corrected chi connectivity index (χ0v) is 20.5. The number of nitrogens with zero attached hydrogens (tertiary/aromatic N) is 3. The van der Waals surface area contributed by atoms with Crippen LogP contribution in [0, 0.1) is 13.8 Å². The van der Waals surface area contributed by atoms with E-state index in [-0.39, 0.29) is 23.6 Å². The Morgan fingerprint density at radius 1 is 1.12 bits per heavy atom. The second-order valence-corrected chi connectivity index (χ2v) is 9.01. The van der Waals surface area contributed by atoms with Gasteiger partial charge in [0.2, 0.25) is 11.8 Å². The van der Waals surface area contributed by atoms with E-state index in [1.807, 2.05) is 58.0 Å². The summed E-state index contributed by atoms with van der Waals surface area (Å²) in [5, 5.41) is 2.30. The first-order valence-corrected chi connectivity index (χ1v) is 11.7. The average molecular weight is 476 g/mol. The number of ether oxygens (including phenoxy) is 2. The highest BCUT2D eigenvalue weighted by Crippen LogP contribution is 2.34. The molecule has 1 amide bonds. The Hall–Kier alpha value is -3.78. The molecular formula is C26H25N3O4S. The Bertz CT molecular complexity index is 1290. The predicted molar refractivity (Wildman–Crippen MR) is 134 cm³/mol. The molecule has 1 aliphatic rings. The van der Waals surface area contributed by atoms with Gasteiger partial charge in [-0.1, -0.05) is 18.2 Å². The van der Waals surface area contributed by atoms with Crippen LogP contribution < -0.4 is 9.64 Å². The Balaban J connectivity index is 1.60. The topological polar surface area (TPSA) is 81.1 Å². The molecule has 0 saturated carbocycles. The third-order valence-electron chi connectivity index (χ3n) is 5.06. The monoisotopic (exact) mass is 475 g/mol. The highest BCUT2D eigenvalue weighted by atomic mass is 32.1. The van der Waals surface area contributed by atoms with Crippen molar-refractivity contribution in [1.29, 1.82) is 0 Å². The van der Waals surface area contributed by atoms with Gasteiger partial charge in [0.25, 0.3) is 0 Å². The molecule has 3 aromatic rings. The predicted octanol–water partition coefficient (Wildman–Crippen LogP) is 5.58. The summed E-state index contributed by atoms with van der Waals surface area (Å²) in [5.41, 5.74) is 4.11. The van der Waals surface area contributed by atoms with Gasteiger partial charge in [-0.3, -0.25) is 9.69 Å². The largest absolute Gasteiger partial charge is 0.491 e. The molecule has 0 N–H and O–H groups in total. The van der Waals surface area contributed by atoms with E-state index in [4.69, 9.17) is 9.47 Å². The van der Waals surface area contributed by atoms with Crippen molar-refractivity contribution < 1.29 is 19.1 Å². The fourth-order valence-electron chi connectivity index (χ4n) is 3.61. The highest BCUT2D eigenvalue weighted by Gasteiger charge is 2.26. The second kappa shape index (κ2) is 9.61. The van der Waals surface area contributed by atoms with Crippen LogP contribution in [0.5, 0.6) is 5.75 Å². The quantitative estimate of drug-likeness (QED) is 0.344. The Morgan fingerprint density at radius 3 is 2.41 bits per heavy atom. The number of cyclic esters (lactones) is 1. The zero-order valence-electron chi connectivity index (χ0n) is 19.7. The first-order chi connectivity index (χ1) is 16.2. The zero-order chi connectivity index (χ0) is 24.4. The maximum absolute atomic E-state index is 12.5. The van der Waals surface area contributed by atoms with Gasteiger partial charge in [-0.25, -0.2) is 14.8 Å². The summed E-state index contributed by atoms with van der Waals surface area (Å²) >= 11 is 1.32. The molecular weight excluding hydrogens is 450 g/mol. The van der Waals surface area contributed by atoms with Crippen molar-refractivity contribution >= 4 is 46.0 Å². The van der Waals surface area contributed by atoms with Crippen LogP contribution in [-0.2, 0) is 14.3 Å². The first-order valence-electron chi connectivity index (χ1n) is 10.8. The number of carbonyl (C=O) groups excluding carboxylic acids is 2. The van der Waals surface area contributed by atoms with E-state index >= 15 is 0 Å². The summed E-state index contributed by atoms with van der Waals surface area (Å²) in [6.07, 6.45) is 1.63. The van der Waals surface area contributed by atoms with Gasteiger partial charge in [-0.05, 0) is 69.2 Å². The lowest BCUT2D eigenvalue weighted by Gasteiger charge is -2.22. The number of rotatable bonds is 6. The Labute approximate surface area is 202 Å². The van der Waals surface area contributed by atoms with Crippen LogP contribution in [-0.4, -0.2) is 28.9 Å². The van der Waals surface area contributed by atoms with Gasteiger partial charge < -0.3 is 9.47 Å². The van der Waals surface area contributed by atoms with Crippen LogP contribution in [0.15, 0.2) is 58.5 Å². The smallest absolute Gasteiger partial charge is 0.363 e. The van der Waals surface area contributed by atoms with Crippen LogP contribution >= 0.6 is 11.3 Å². The summed E-state index contributed by atoms with van der Waals surface area (Å²) in [4.78, 5) is 35.5. The van der Waals surface area contributed by atoms with Crippen LogP contribution in [0.25, 0.3) is 6.08 Å². The third kappa shape index (κ3) is 4.92. The SMILES string of the molecule is CC(=O)N(c1nc(/C=C2\N=C(c3ccc(OC(C)C)cc3)OC2=O)cs1)c1c(C)cccc1C. The maximum Gasteiger partial charge on any atom is 0.363 e. The van der Waals surface area contributed by atoms with Crippen molar-refractivity contribution in [3.63, 3.8) is 0 Å². The summed E-state index contributed by atoms with van der Waals surface area (Å²) in [7, 11) is 0. The lowest BCUT2D eigenvalue weighted by molar-refractivity contribution is -0.130. The van der Waals surface area contributed by atoms with Crippen molar-refractivity contribution in [3.05, 3.63) is 75.9 Å².